The highest BCUT2D eigenvalue weighted by atomic mass is 16.5. The minimum absolute atomic E-state index is 0.0115. The molecule has 1 aliphatic rings. The number of ether oxygens (including phenoxy) is 1. The number of hydrogen-bond donors (Lipinski definition) is 4. The van der Waals surface area contributed by atoms with Gasteiger partial charge in [-0.05, 0) is 0 Å². The molecule has 19 heavy (non-hydrogen) atoms. The topological polar surface area (TPSA) is 139 Å². The van der Waals surface area contributed by atoms with E-state index in [2.05, 4.69) is 15.0 Å². The lowest BCUT2D eigenvalue weighted by Crippen LogP contribution is -2.25. The largest absolute Gasteiger partial charge is 0.393 e. The molecule has 102 valence electrons. The van der Waals surface area contributed by atoms with Crippen LogP contribution in [0.1, 0.15) is 6.42 Å². The van der Waals surface area contributed by atoms with Gasteiger partial charge in [-0.2, -0.15) is 4.98 Å². The zero-order valence-electron chi connectivity index (χ0n) is 9.91. The van der Waals surface area contributed by atoms with Gasteiger partial charge in [0.2, 0.25) is 5.95 Å². The Morgan fingerprint density at radius 1 is 1.68 bits per heavy atom. The van der Waals surface area contributed by atoms with Crippen LogP contribution in [0.25, 0.3) is 11.2 Å². The van der Waals surface area contributed by atoms with Crippen molar-refractivity contribution in [3.63, 3.8) is 0 Å². The Balaban J connectivity index is 1.88. The second kappa shape index (κ2) is 4.02. The van der Waals surface area contributed by atoms with Gasteiger partial charge in [0.05, 0.1) is 19.0 Å². The first-order valence-corrected chi connectivity index (χ1v) is 5.69. The minimum Gasteiger partial charge on any atom is -0.393 e. The van der Waals surface area contributed by atoms with Crippen molar-refractivity contribution in [2.24, 2.45) is 0 Å². The second-order valence-electron chi connectivity index (χ2n) is 4.55. The summed E-state index contributed by atoms with van der Waals surface area (Å²) in [7, 11) is 0. The number of anilines is 1. The molecule has 0 saturated heterocycles. The Bertz CT molecular complexity index is 676. The molecule has 9 nitrogen and oxygen atoms in total. The first kappa shape index (κ1) is 12.1. The number of H-pyrrole nitrogens is 1. The average molecular weight is 267 g/mol. The van der Waals surface area contributed by atoms with Crippen LogP contribution in [0.15, 0.2) is 11.1 Å². The highest BCUT2D eigenvalue weighted by molar-refractivity contribution is 5.70. The fourth-order valence-corrected chi connectivity index (χ4v) is 1.90. The van der Waals surface area contributed by atoms with Crippen LogP contribution < -0.4 is 11.3 Å². The number of fused-ring (bicyclic) bond motifs is 1. The third-order valence-corrected chi connectivity index (χ3v) is 3.24. The van der Waals surface area contributed by atoms with Crippen molar-refractivity contribution in [2.45, 2.75) is 24.9 Å². The molecule has 1 unspecified atom stereocenters. The van der Waals surface area contributed by atoms with Crippen molar-refractivity contribution < 1.29 is 14.9 Å². The standard InChI is InChI=1S/C10H13N5O4/c11-9-13-7-6(8(18)14-9)12-3-15(7)4-19-10(2-16)1-5(10)17/h3,5,16-17H,1-2,4H2,(H3,11,13,14,18)/t5?,10-/m0/s1. The van der Waals surface area contributed by atoms with E-state index < -0.39 is 17.3 Å². The number of nitrogen functional groups attached to an aromatic ring is 1. The first-order valence-electron chi connectivity index (χ1n) is 5.69. The molecule has 2 aromatic heterocycles. The van der Waals surface area contributed by atoms with E-state index in [0.29, 0.717) is 12.1 Å². The van der Waals surface area contributed by atoms with Gasteiger partial charge in [0, 0.05) is 6.42 Å². The summed E-state index contributed by atoms with van der Waals surface area (Å²) in [4.78, 5) is 21.8. The Morgan fingerprint density at radius 2 is 2.42 bits per heavy atom. The molecule has 2 aromatic rings. The summed E-state index contributed by atoms with van der Waals surface area (Å²) in [6.45, 7) is -0.249. The lowest BCUT2D eigenvalue weighted by atomic mass is 10.4. The molecule has 0 spiro atoms. The number of nitrogens with one attached hydrogen (secondary N) is 1. The van der Waals surface area contributed by atoms with Gasteiger partial charge < -0.3 is 20.7 Å². The number of nitrogens with zero attached hydrogens (tertiary/aromatic N) is 3. The molecule has 0 radical (unpaired) electrons. The van der Waals surface area contributed by atoms with Crippen LogP contribution in [0.4, 0.5) is 5.95 Å². The molecular formula is C10H13N5O4. The van der Waals surface area contributed by atoms with E-state index >= 15 is 0 Å². The maximum atomic E-state index is 11.6. The summed E-state index contributed by atoms with van der Waals surface area (Å²) in [6, 6.07) is 0. The maximum Gasteiger partial charge on any atom is 0.280 e. The van der Waals surface area contributed by atoms with E-state index in [9.17, 15) is 9.90 Å². The van der Waals surface area contributed by atoms with Crippen LogP contribution in [-0.2, 0) is 11.5 Å². The van der Waals surface area contributed by atoms with Crippen LogP contribution in [0.3, 0.4) is 0 Å². The van der Waals surface area contributed by atoms with Gasteiger partial charge in [0.25, 0.3) is 5.56 Å². The van der Waals surface area contributed by atoms with E-state index in [-0.39, 0.29) is 24.8 Å². The van der Waals surface area contributed by atoms with Crippen LogP contribution in [-0.4, -0.2) is 48.0 Å². The molecule has 0 aliphatic heterocycles. The van der Waals surface area contributed by atoms with E-state index in [4.69, 9.17) is 15.6 Å². The van der Waals surface area contributed by atoms with Crippen LogP contribution >= 0.6 is 0 Å². The molecule has 9 heteroatoms. The Hall–Kier alpha value is -1.97. The summed E-state index contributed by atoms with van der Waals surface area (Å²) < 4.78 is 6.95. The van der Waals surface area contributed by atoms with Gasteiger partial charge in [0.15, 0.2) is 11.2 Å². The van der Waals surface area contributed by atoms with Crippen LogP contribution in [0.2, 0.25) is 0 Å². The lowest BCUT2D eigenvalue weighted by Gasteiger charge is -2.14. The molecule has 0 aromatic carbocycles. The highest BCUT2D eigenvalue weighted by Gasteiger charge is 2.55. The van der Waals surface area contributed by atoms with Gasteiger partial charge >= 0.3 is 0 Å². The van der Waals surface area contributed by atoms with Gasteiger partial charge in [-0.1, -0.05) is 0 Å². The van der Waals surface area contributed by atoms with E-state index in [1.165, 1.54) is 10.9 Å². The second-order valence-corrected chi connectivity index (χ2v) is 4.55. The third kappa shape index (κ3) is 1.87. The third-order valence-electron chi connectivity index (χ3n) is 3.24. The van der Waals surface area contributed by atoms with Gasteiger partial charge in [-0.25, -0.2) is 4.98 Å². The summed E-state index contributed by atoms with van der Waals surface area (Å²) in [5, 5.41) is 18.6. The van der Waals surface area contributed by atoms with Crippen LogP contribution in [0.5, 0.6) is 0 Å². The van der Waals surface area contributed by atoms with E-state index in [0.717, 1.165) is 0 Å². The monoisotopic (exact) mass is 267 g/mol. The zero-order chi connectivity index (χ0) is 13.6. The number of rotatable bonds is 4. The molecule has 1 aliphatic carbocycles. The number of aromatic amines is 1. The molecule has 3 rings (SSSR count). The number of nitrogens with two attached hydrogens (primary N) is 1. The van der Waals surface area contributed by atoms with Crippen molar-refractivity contribution in [3.8, 4) is 0 Å². The predicted octanol–water partition coefficient (Wildman–Crippen LogP) is -1.83. The zero-order valence-corrected chi connectivity index (χ0v) is 9.91. The number of aliphatic hydroxyl groups excluding tert-OH is 2. The van der Waals surface area contributed by atoms with E-state index in [1.54, 1.807) is 0 Å². The molecule has 1 saturated carbocycles. The SMILES string of the molecule is Nc1nc2c(ncn2CO[C@]2(CO)CC2O)c(=O)[nH]1. The van der Waals surface area contributed by atoms with Crippen molar-refractivity contribution in [3.05, 3.63) is 16.7 Å². The van der Waals surface area contributed by atoms with Gasteiger partial charge in [-0.15, -0.1) is 0 Å². The van der Waals surface area contributed by atoms with Crippen molar-refractivity contribution in [1.82, 2.24) is 19.5 Å². The molecule has 0 bridgehead atoms. The molecule has 2 atom stereocenters. The molecule has 0 amide bonds. The van der Waals surface area contributed by atoms with Crippen LogP contribution in [0, 0.1) is 0 Å². The summed E-state index contributed by atoms with van der Waals surface area (Å²) in [5.41, 5.74) is 4.58. The van der Waals surface area contributed by atoms with Gasteiger partial charge in [0.1, 0.15) is 12.3 Å². The Kier molecular flexibility index (Phi) is 2.55. The normalized spacial score (nSPS) is 25.9. The molecule has 2 heterocycles. The number of aliphatic hydroxyl groups is 2. The Labute approximate surface area is 106 Å². The number of imidazole rings is 1. The molecule has 1 fully saturated rings. The molecule has 5 N–H and O–H groups in total. The predicted molar refractivity (Wildman–Crippen MR) is 64.1 cm³/mol. The van der Waals surface area contributed by atoms with Crippen molar-refractivity contribution in [2.75, 3.05) is 12.3 Å². The van der Waals surface area contributed by atoms with Gasteiger partial charge in [-0.3, -0.25) is 14.3 Å². The number of aromatic nitrogens is 4. The van der Waals surface area contributed by atoms with Crippen molar-refractivity contribution in [1.29, 1.82) is 0 Å². The summed E-state index contributed by atoms with van der Waals surface area (Å²) in [5.74, 6) is -0.0115. The molecular weight excluding hydrogens is 254 g/mol. The minimum atomic E-state index is -0.913. The summed E-state index contributed by atoms with van der Waals surface area (Å²) in [6.07, 6.45) is 1.10. The number of hydrogen-bond acceptors (Lipinski definition) is 7. The smallest absolute Gasteiger partial charge is 0.280 e. The highest BCUT2D eigenvalue weighted by Crippen LogP contribution is 2.39. The van der Waals surface area contributed by atoms with Crippen molar-refractivity contribution >= 4 is 17.1 Å². The fraction of sp³-hybridized carbons (Fsp3) is 0.500. The van der Waals surface area contributed by atoms with E-state index in [1.807, 2.05) is 0 Å². The average Bonchev–Trinajstić information content (AvgIpc) is 2.83. The maximum absolute atomic E-state index is 11.6. The quantitative estimate of drug-likeness (QED) is 0.511. The first-order chi connectivity index (χ1) is 9.05. The fourth-order valence-electron chi connectivity index (χ4n) is 1.90. The summed E-state index contributed by atoms with van der Waals surface area (Å²) >= 11 is 0. The lowest BCUT2D eigenvalue weighted by molar-refractivity contribution is -0.0642. The Morgan fingerprint density at radius 3 is 3.05 bits per heavy atom.